The van der Waals surface area contributed by atoms with Crippen LogP contribution in [0.1, 0.15) is 10.6 Å². The molecular formula is C23H19N5O3S2. The third-order valence-corrected chi connectivity index (χ3v) is 7.35. The van der Waals surface area contributed by atoms with Crippen molar-refractivity contribution in [1.29, 1.82) is 0 Å². The number of pyridine rings is 1. The molecule has 166 valence electrons. The molecule has 5 rings (SSSR count). The predicted molar refractivity (Wildman–Crippen MR) is 129 cm³/mol. The molecule has 5 aromatic rings. The molecule has 3 heterocycles. The lowest BCUT2D eigenvalue weighted by atomic mass is 10.1. The van der Waals surface area contributed by atoms with E-state index in [2.05, 4.69) is 19.8 Å². The number of rotatable bonds is 6. The minimum Gasteiger partial charge on any atom is -0.289 e. The molecule has 10 heteroatoms. The Bertz CT molecular complexity index is 1640. The molecule has 0 radical (unpaired) electrons. The van der Waals surface area contributed by atoms with E-state index in [1.54, 1.807) is 59.0 Å². The highest BCUT2D eigenvalue weighted by Gasteiger charge is 2.14. The van der Waals surface area contributed by atoms with Crippen molar-refractivity contribution in [3.05, 3.63) is 87.4 Å². The van der Waals surface area contributed by atoms with Crippen molar-refractivity contribution < 1.29 is 8.42 Å². The average Bonchev–Trinajstić information content (AvgIpc) is 3.45. The number of thiazole rings is 1. The molecule has 0 saturated heterocycles. The van der Waals surface area contributed by atoms with Crippen molar-refractivity contribution in [2.75, 3.05) is 0 Å². The first-order chi connectivity index (χ1) is 15.9. The maximum atomic E-state index is 13.4. The van der Waals surface area contributed by atoms with Gasteiger partial charge in [0.25, 0.3) is 0 Å². The summed E-state index contributed by atoms with van der Waals surface area (Å²) < 4.78 is 29.4. The second-order valence-corrected chi connectivity index (χ2v) is 10.4. The first-order valence-electron chi connectivity index (χ1n) is 10.1. The number of aryl methyl sites for hydroxylation is 1. The molecule has 0 atom stereocenters. The zero-order chi connectivity index (χ0) is 23.0. The van der Waals surface area contributed by atoms with Crippen LogP contribution in [0, 0.1) is 0 Å². The molecule has 0 aliphatic heterocycles. The Labute approximate surface area is 193 Å². The Morgan fingerprint density at radius 2 is 1.88 bits per heavy atom. The monoisotopic (exact) mass is 477 g/mol. The van der Waals surface area contributed by atoms with E-state index in [4.69, 9.17) is 0 Å². The van der Waals surface area contributed by atoms with Gasteiger partial charge in [-0.3, -0.25) is 14.5 Å². The first-order valence-corrected chi connectivity index (χ1v) is 12.6. The lowest BCUT2D eigenvalue weighted by Crippen LogP contribution is -2.24. The predicted octanol–water partition coefficient (Wildman–Crippen LogP) is 3.22. The smallest absolute Gasteiger partial charge is 0.216 e. The molecule has 0 unspecified atom stereocenters. The van der Waals surface area contributed by atoms with Crippen LogP contribution in [0.25, 0.3) is 32.8 Å². The van der Waals surface area contributed by atoms with E-state index in [-0.39, 0.29) is 17.7 Å². The van der Waals surface area contributed by atoms with E-state index in [1.165, 1.54) is 11.3 Å². The molecule has 0 amide bonds. The quantitative estimate of drug-likeness (QED) is 0.402. The summed E-state index contributed by atoms with van der Waals surface area (Å²) in [7, 11) is -1.77. The Balaban J connectivity index is 1.54. The molecular weight excluding hydrogens is 458 g/mol. The van der Waals surface area contributed by atoms with Crippen molar-refractivity contribution in [2.45, 2.75) is 12.3 Å². The molecule has 0 bridgehead atoms. The molecule has 2 aromatic carbocycles. The van der Waals surface area contributed by atoms with Crippen LogP contribution < -0.4 is 10.2 Å². The van der Waals surface area contributed by atoms with E-state index in [0.29, 0.717) is 26.9 Å². The summed E-state index contributed by atoms with van der Waals surface area (Å²) >= 11 is 1.38. The SMILES string of the molecule is Cn1cc(-c2cnc3ccc4ccc(CS(=O)(=O)NCc5nccs5)cc4c(=O)c3c2)cn1. The van der Waals surface area contributed by atoms with Crippen molar-refractivity contribution in [3.8, 4) is 11.1 Å². The van der Waals surface area contributed by atoms with Gasteiger partial charge in [0.05, 0.1) is 24.0 Å². The Morgan fingerprint density at radius 1 is 1.03 bits per heavy atom. The first kappa shape index (κ1) is 21.4. The summed E-state index contributed by atoms with van der Waals surface area (Å²) in [5, 5.41) is 8.30. The fourth-order valence-corrected chi connectivity index (χ4v) is 5.37. The van der Waals surface area contributed by atoms with E-state index in [0.717, 1.165) is 16.5 Å². The van der Waals surface area contributed by atoms with Gasteiger partial charge in [0.2, 0.25) is 10.0 Å². The maximum Gasteiger partial charge on any atom is 0.216 e. The van der Waals surface area contributed by atoms with Crippen LogP contribution in [-0.4, -0.2) is 28.2 Å². The van der Waals surface area contributed by atoms with Gasteiger partial charge in [0.15, 0.2) is 5.43 Å². The van der Waals surface area contributed by atoms with Crippen molar-refractivity contribution in [3.63, 3.8) is 0 Å². The number of sulfonamides is 1. The van der Waals surface area contributed by atoms with Crippen LogP contribution in [0.4, 0.5) is 0 Å². The number of nitrogens with one attached hydrogen (secondary N) is 1. The van der Waals surface area contributed by atoms with Crippen LogP contribution in [0.2, 0.25) is 0 Å². The third-order valence-electron chi connectivity index (χ3n) is 5.27. The highest BCUT2D eigenvalue weighted by atomic mass is 32.2. The van der Waals surface area contributed by atoms with Crippen LogP contribution in [0.3, 0.4) is 0 Å². The molecule has 0 fully saturated rings. The van der Waals surface area contributed by atoms with Crippen molar-refractivity contribution >= 4 is 43.0 Å². The number of fused-ring (bicyclic) bond motifs is 2. The van der Waals surface area contributed by atoms with Gasteiger partial charge in [-0.25, -0.2) is 18.1 Å². The van der Waals surface area contributed by atoms with Crippen LogP contribution in [0.15, 0.2) is 71.4 Å². The normalized spacial score (nSPS) is 11.9. The van der Waals surface area contributed by atoms with Gasteiger partial charge in [-0.05, 0) is 29.1 Å². The summed E-state index contributed by atoms with van der Waals surface area (Å²) in [5.74, 6) is -0.233. The summed E-state index contributed by atoms with van der Waals surface area (Å²) in [6.45, 7) is 0.142. The second kappa shape index (κ2) is 8.47. The largest absolute Gasteiger partial charge is 0.289 e. The number of nitrogens with zero attached hydrogens (tertiary/aromatic N) is 4. The molecule has 0 saturated carbocycles. The van der Waals surface area contributed by atoms with E-state index in [9.17, 15) is 13.2 Å². The van der Waals surface area contributed by atoms with Gasteiger partial charge >= 0.3 is 0 Å². The summed E-state index contributed by atoms with van der Waals surface area (Å²) in [6, 6.07) is 10.6. The molecule has 8 nitrogen and oxygen atoms in total. The zero-order valence-corrected chi connectivity index (χ0v) is 19.2. The number of aromatic nitrogens is 4. The highest BCUT2D eigenvalue weighted by Crippen LogP contribution is 2.22. The highest BCUT2D eigenvalue weighted by molar-refractivity contribution is 7.88. The summed E-state index contributed by atoms with van der Waals surface area (Å²) in [6.07, 6.45) is 6.92. The number of hydrogen-bond donors (Lipinski definition) is 1. The second-order valence-electron chi connectivity index (χ2n) is 7.65. The van der Waals surface area contributed by atoms with Gasteiger partial charge in [0.1, 0.15) is 5.01 Å². The third kappa shape index (κ3) is 4.54. The standard InChI is InChI=1S/C23H19N5O3S2/c1-28-13-18(11-26-28)17-9-20-21(25-10-17)5-4-16-3-2-15(8-19(16)23(20)29)14-33(30,31)27-12-22-24-6-7-32-22/h2-11,13,27H,12,14H2,1H3. The fourth-order valence-electron chi connectivity index (χ4n) is 3.65. The average molecular weight is 478 g/mol. The Kier molecular flexibility index (Phi) is 5.49. The lowest BCUT2D eigenvalue weighted by molar-refractivity contribution is 0.580. The number of benzene rings is 1. The van der Waals surface area contributed by atoms with E-state index in [1.807, 2.05) is 19.3 Å². The van der Waals surface area contributed by atoms with Gasteiger partial charge in [0, 0.05) is 52.9 Å². The van der Waals surface area contributed by atoms with Crippen LogP contribution >= 0.6 is 11.3 Å². The van der Waals surface area contributed by atoms with Gasteiger partial charge in [-0.15, -0.1) is 11.3 Å². The van der Waals surface area contributed by atoms with Crippen molar-refractivity contribution in [2.24, 2.45) is 7.05 Å². The topological polar surface area (TPSA) is 107 Å². The molecule has 0 aliphatic rings. The van der Waals surface area contributed by atoms with E-state index >= 15 is 0 Å². The molecule has 1 N–H and O–H groups in total. The minimum absolute atomic E-state index is 0.142. The molecule has 0 aliphatic carbocycles. The van der Waals surface area contributed by atoms with Gasteiger partial charge < -0.3 is 0 Å². The maximum absolute atomic E-state index is 13.4. The Hall–Kier alpha value is -3.47. The fraction of sp³-hybridized carbons (Fsp3) is 0.130. The molecule has 33 heavy (non-hydrogen) atoms. The zero-order valence-electron chi connectivity index (χ0n) is 17.6. The molecule has 0 spiro atoms. The van der Waals surface area contributed by atoms with Gasteiger partial charge in [-0.2, -0.15) is 5.10 Å². The minimum atomic E-state index is -3.60. The summed E-state index contributed by atoms with van der Waals surface area (Å²) in [4.78, 5) is 22.0. The van der Waals surface area contributed by atoms with Crippen LogP contribution in [0.5, 0.6) is 0 Å². The van der Waals surface area contributed by atoms with E-state index < -0.39 is 10.0 Å². The van der Waals surface area contributed by atoms with Crippen LogP contribution in [-0.2, 0) is 29.4 Å². The Morgan fingerprint density at radius 3 is 2.64 bits per heavy atom. The van der Waals surface area contributed by atoms with Crippen molar-refractivity contribution in [1.82, 2.24) is 24.5 Å². The lowest BCUT2D eigenvalue weighted by Gasteiger charge is -2.06. The summed E-state index contributed by atoms with van der Waals surface area (Å²) in [5.41, 5.74) is 2.56. The van der Waals surface area contributed by atoms with Gasteiger partial charge in [-0.1, -0.05) is 18.2 Å². The molecule has 3 aromatic heterocycles. The number of hydrogen-bond acceptors (Lipinski definition) is 7.